The van der Waals surface area contributed by atoms with Crippen LogP contribution in [0.3, 0.4) is 0 Å². The number of benzene rings is 1. The third-order valence-corrected chi connectivity index (χ3v) is 2.67. The molecule has 0 aromatic heterocycles. The molecular weight excluding hydrogens is 269 g/mol. The van der Waals surface area contributed by atoms with Crippen LogP contribution in [0.15, 0.2) is 29.3 Å². The highest BCUT2D eigenvalue weighted by atomic mass is 19.1. The van der Waals surface area contributed by atoms with Gasteiger partial charge in [-0.1, -0.05) is 26.0 Å². The average Bonchev–Trinajstić information content (AvgIpc) is 2.45. The van der Waals surface area contributed by atoms with E-state index >= 15 is 0 Å². The zero-order chi connectivity index (χ0) is 15.5. The van der Waals surface area contributed by atoms with Crippen LogP contribution in [0.25, 0.3) is 0 Å². The largest absolute Gasteiger partial charge is 0.379 e. The Bertz CT molecular complexity index is 418. The number of nitrogens with one attached hydrogen (secondary N) is 2. The number of ether oxygens (including phenoxy) is 1. The van der Waals surface area contributed by atoms with Gasteiger partial charge in [0.2, 0.25) is 0 Å². The first-order valence-corrected chi connectivity index (χ1v) is 7.46. The van der Waals surface area contributed by atoms with Gasteiger partial charge in [0.05, 0.1) is 13.2 Å². The Labute approximate surface area is 126 Å². The smallest absolute Gasteiger partial charge is 0.191 e. The number of hydrogen-bond acceptors (Lipinski definition) is 2. The fraction of sp³-hybridized carbons (Fsp3) is 0.562. The molecule has 0 aliphatic carbocycles. The Balaban J connectivity index is 2.37. The maximum absolute atomic E-state index is 12.8. The SMILES string of the molecule is CCNC(=NCc1ccc(F)cc1)NCCOCC(C)C. The average molecular weight is 295 g/mol. The molecule has 21 heavy (non-hydrogen) atoms. The van der Waals surface area contributed by atoms with Crippen molar-refractivity contribution in [1.29, 1.82) is 0 Å². The molecule has 0 bridgehead atoms. The third kappa shape index (κ3) is 8.30. The Morgan fingerprint density at radius 1 is 1.24 bits per heavy atom. The molecule has 1 aromatic rings. The van der Waals surface area contributed by atoms with E-state index in [1.165, 1.54) is 12.1 Å². The summed E-state index contributed by atoms with van der Waals surface area (Å²) in [5, 5.41) is 6.39. The molecule has 0 aliphatic rings. The molecule has 1 aromatic carbocycles. The van der Waals surface area contributed by atoms with Crippen LogP contribution in [-0.4, -0.2) is 32.3 Å². The first-order chi connectivity index (χ1) is 10.1. The van der Waals surface area contributed by atoms with Gasteiger partial charge in [-0.25, -0.2) is 9.38 Å². The summed E-state index contributed by atoms with van der Waals surface area (Å²) >= 11 is 0. The Kier molecular flexibility index (Phi) is 8.43. The van der Waals surface area contributed by atoms with Crippen molar-refractivity contribution in [3.63, 3.8) is 0 Å². The van der Waals surface area contributed by atoms with E-state index in [9.17, 15) is 4.39 Å². The van der Waals surface area contributed by atoms with Crippen LogP contribution >= 0.6 is 0 Å². The van der Waals surface area contributed by atoms with E-state index in [4.69, 9.17) is 4.74 Å². The summed E-state index contributed by atoms with van der Waals surface area (Å²) in [5.41, 5.74) is 0.977. The molecule has 0 saturated carbocycles. The first-order valence-electron chi connectivity index (χ1n) is 7.46. The molecule has 0 aliphatic heterocycles. The van der Waals surface area contributed by atoms with Crippen LogP contribution in [0.5, 0.6) is 0 Å². The Morgan fingerprint density at radius 3 is 2.57 bits per heavy atom. The van der Waals surface area contributed by atoms with Crippen LogP contribution in [0.4, 0.5) is 4.39 Å². The normalized spacial score (nSPS) is 11.8. The van der Waals surface area contributed by atoms with Crippen molar-refractivity contribution in [2.45, 2.75) is 27.3 Å². The summed E-state index contributed by atoms with van der Waals surface area (Å²) in [7, 11) is 0. The summed E-state index contributed by atoms with van der Waals surface area (Å²) in [4.78, 5) is 4.46. The van der Waals surface area contributed by atoms with E-state index in [0.29, 0.717) is 25.6 Å². The fourth-order valence-corrected chi connectivity index (χ4v) is 1.66. The molecule has 0 saturated heterocycles. The molecule has 0 spiro atoms. The van der Waals surface area contributed by atoms with Gasteiger partial charge in [0, 0.05) is 19.7 Å². The van der Waals surface area contributed by atoms with Crippen molar-refractivity contribution < 1.29 is 9.13 Å². The van der Waals surface area contributed by atoms with E-state index in [-0.39, 0.29) is 5.82 Å². The zero-order valence-corrected chi connectivity index (χ0v) is 13.2. The molecule has 2 N–H and O–H groups in total. The molecule has 0 unspecified atom stereocenters. The highest BCUT2D eigenvalue weighted by Crippen LogP contribution is 2.03. The van der Waals surface area contributed by atoms with Gasteiger partial charge in [-0.3, -0.25) is 0 Å². The van der Waals surface area contributed by atoms with Gasteiger partial charge >= 0.3 is 0 Å². The second-order valence-electron chi connectivity index (χ2n) is 5.22. The van der Waals surface area contributed by atoms with E-state index in [1.807, 2.05) is 6.92 Å². The van der Waals surface area contributed by atoms with Gasteiger partial charge in [0.25, 0.3) is 0 Å². The lowest BCUT2D eigenvalue weighted by Crippen LogP contribution is -2.39. The second kappa shape index (κ2) is 10.2. The summed E-state index contributed by atoms with van der Waals surface area (Å²) in [6.45, 7) is 9.71. The van der Waals surface area contributed by atoms with Crippen molar-refractivity contribution in [2.24, 2.45) is 10.9 Å². The zero-order valence-electron chi connectivity index (χ0n) is 13.2. The topological polar surface area (TPSA) is 45.7 Å². The predicted molar refractivity (Wildman–Crippen MR) is 84.9 cm³/mol. The second-order valence-corrected chi connectivity index (χ2v) is 5.22. The molecule has 1 rings (SSSR count). The lowest BCUT2D eigenvalue weighted by Gasteiger charge is -2.12. The van der Waals surface area contributed by atoms with Crippen molar-refractivity contribution in [3.05, 3.63) is 35.6 Å². The molecule has 0 heterocycles. The molecule has 0 radical (unpaired) electrons. The molecular formula is C16H26FN3O. The Hall–Kier alpha value is -1.62. The van der Waals surface area contributed by atoms with Crippen LogP contribution in [0, 0.1) is 11.7 Å². The van der Waals surface area contributed by atoms with Crippen LogP contribution < -0.4 is 10.6 Å². The minimum absolute atomic E-state index is 0.227. The molecule has 4 nitrogen and oxygen atoms in total. The third-order valence-electron chi connectivity index (χ3n) is 2.67. The quantitative estimate of drug-likeness (QED) is 0.440. The maximum Gasteiger partial charge on any atom is 0.191 e. The number of nitrogens with zero attached hydrogens (tertiary/aromatic N) is 1. The number of rotatable bonds is 8. The minimum atomic E-state index is -0.227. The van der Waals surface area contributed by atoms with Crippen LogP contribution in [0.2, 0.25) is 0 Å². The van der Waals surface area contributed by atoms with E-state index in [2.05, 4.69) is 29.5 Å². The maximum atomic E-state index is 12.8. The van der Waals surface area contributed by atoms with Crippen LogP contribution in [0.1, 0.15) is 26.3 Å². The van der Waals surface area contributed by atoms with E-state index < -0.39 is 0 Å². The van der Waals surface area contributed by atoms with Gasteiger partial charge in [0.15, 0.2) is 5.96 Å². The highest BCUT2D eigenvalue weighted by Gasteiger charge is 1.99. The van der Waals surface area contributed by atoms with Gasteiger partial charge < -0.3 is 15.4 Å². The molecule has 0 amide bonds. The van der Waals surface area contributed by atoms with Crippen molar-refractivity contribution >= 4 is 5.96 Å². The van der Waals surface area contributed by atoms with Crippen molar-refractivity contribution in [1.82, 2.24) is 10.6 Å². The monoisotopic (exact) mass is 295 g/mol. The summed E-state index contributed by atoms with van der Waals surface area (Å²) in [6, 6.07) is 6.39. The van der Waals surface area contributed by atoms with E-state index in [0.717, 1.165) is 24.7 Å². The number of guanidine groups is 1. The Morgan fingerprint density at radius 2 is 1.95 bits per heavy atom. The molecule has 118 valence electrons. The standard InChI is InChI=1S/C16H26FN3O/c1-4-18-16(19-9-10-21-12-13(2)3)20-11-14-5-7-15(17)8-6-14/h5-8,13H,4,9-12H2,1-3H3,(H2,18,19,20). The highest BCUT2D eigenvalue weighted by molar-refractivity contribution is 5.79. The number of aliphatic imine (C=N–C) groups is 1. The van der Waals surface area contributed by atoms with Gasteiger partial charge in [0.1, 0.15) is 5.82 Å². The minimum Gasteiger partial charge on any atom is -0.379 e. The predicted octanol–water partition coefficient (Wildman–Crippen LogP) is 2.55. The molecule has 0 fully saturated rings. The summed E-state index contributed by atoms with van der Waals surface area (Å²) in [5.74, 6) is 1.07. The van der Waals surface area contributed by atoms with E-state index in [1.54, 1.807) is 12.1 Å². The molecule has 0 atom stereocenters. The number of halogens is 1. The van der Waals surface area contributed by atoms with Gasteiger partial charge in [-0.2, -0.15) is 0 Å². The lowest BCUT2D eigenvalue weighted by molar-refractivity contribution is 0.114. The lowest BCUT2D eigenvalue weighted by atomic mass is 10.2. The van der Waals surface area contributed by atoms with Gasteiger partial charge in [-0.15, -0.1) is 0 Å². The van der Waals surface area contributed by atoms with Gasteiger partial charge in [-0.05, 0) is 30.5 Å². The summed E-state index contributed by atoms with van der Waals surface area (Å²) in [6.07, 6.45) is 0. The number of hydrogen-bond donors (Lipinski definition) is 2. The van der Waals surface area contributed by atoms with Crippen molar-refractivity contribution in [2.75, 3.05) is 26.3 Å². The summed E-state index contributed by atoms with van der Waals surface area (Å²) < 4.78 is 18.3. The van der Waals surface area contributed by atoms with Crippen molar-refractivity contribution in [3.8, 4) is 0 Å². The first kappa shape index (κ1) is 17.4. The fourth-order valence-electron chi connectivity index (χ4n) is 1.66. The van der Waals surface area contributed by atoms with Crippen LogP contribution in [-0.2, 0) is 11.3 Å². The molecule has 5 heteroatoms.